The minimum Gasteiger partial charge on any atom is -0.481 e. The molecule has 4 aromatic rings. The van der Waals surface area contributed by atoms with Gasteiger partial charge < -0.3 is 26.2 Å². The van der Waals surface area contributed by atoms with Gasteiger partial charge in [-0.05, 0) is 67.0 Å². The van der Waals surface area contributed by atoms with Crippen molar-refractivity contribution < 1.29 is 15.0 Å². The highest BCUT2D eigenvalue weighted by atomic mass is 16.4. The Hall–Kier alpha value is -4.11. The summed E-state index contributed by atoms with van der Waals surface area (Å²) in [6.07, 6.45) is 4.21. The Labute approximate surface area is 260 Å². The van der Waals surface area contributed by atoms with E-state index in [9.17, 15) is 9.90 Å². The molecule has 0 spiro atoms. The predicted molar refractivity (Wildman–Crippen MR) is 175 cm³/mol. The third-order valence-corrected chi connectivity index (χ3v) is 8.36. The van der Waals surface area contributed by atoms with E-state index in [2.05, 4.69) is 64.0 Å². The van der Waals surface area contributed by atoms with Crippen molar-refractivity contribution in [1.82, 2.24) is 20.6 Å². The quantitative estimate of drug-likeness (QED) is 0.100. The number of aliphatic hydroxyl groups excluding tert-OH is 1. The maximum Gasteiger partial charge on any atom is 0.303 e. The number of aliphatic carboxylic acids is 1. The van der Waals surface area contributed by atoms with Gasteiger partial charge in [0.05, 0.1) is 11.8 Å². The predicted octanol–water partition coefficient (Wildman–Crippen LogP) is 6.02. The van der Waals surface area contributed by atoms with Crippen LogP contribution < -0.4 is 16.0 Å². The molecule has 1 saturated carbocycles. The van der Waals surface area contributed by atoms with Gasteiger partial charge in [0.1, 0.15) is 12.1 Å². The first-order valence-corrected chi connectivity index (χ1v) is 15.5. The molecule has 44 heavy (non-hydrogen) atoms. The molecule has 2 atom stereocenters. The molecule has 1 heterocycles. The maximum atomic E-state index is 11.4. The minimum absolute atomic E-state index is 0.0889. The number of aromatic nitrogens is 2. The van der Waals surface area contributed by atoms with Crippen LogP contribution in [0.2, 0.25) is 0 Å². The molecule has 0 aliphatic heterocycles. The van der Waals surface area contributed by atoms with Crippen molar-refractivity contribution in [2.24, 2.45) is 0 Å². The standard InChI is InChI=1S/C36H43N5O3/c1-25(2)28-10-6-11-29(21-28)36(17-18-36)40-23-33(42)32(37-19-7-12-35(43)44)20-26-13-15-30(16-14-26)41-34-22-31(38-24-39-34)27-8-4-3-5-9-27/h3-6,8-11,13-16,21-22,24-25,32-33,37,40,42H,7,12,17-20,23H2,1-2H3,(H,43,44)(H,38,39,41)/t32-,33+/m0/s1. The number of benzene rings is 3. The number of carboxylic acids is 1. The number of hydrogen-bond donors (Lipinski definition) is 5. The lowest BCUT2D eigenvalue weighted by atomic mass is 9.96. The summed E-state index contributed by atoms with van der Waals surface area (Å²) in [5.74, 6) is 0.358. The van der Waals surface area contributed by atoms with Crippen molar-refractivity contribution in [3.63, 3.8) is 0 Å². The summed E-state index contributed by atoms with van der Waals surface area (Å²) < 4.78 is 0. The molecule has 1 fully saturated rings. The third kappa shape index (κ3) is 8.50. The summed E-state index contributed by atoms with van der Waals surface area (Å²) in [6.45, 7) is 5.38. The molecule has 0 radical (unpaired) electrons. The molecule has 5 rings (SSSR count). The molecular weight excluding hydrogens is 550 g/mol. The zero-order valence-electron chi connectivity index (χ0n) is 25.5. The van der Waals surface area contributed by atoms with E-state index in [1.807, 2.05) is 60.7 Å². The van der Waals surface area contributed by atoms with E-state index >= 15 is 0 Å². The van der Waals surface area contributed by atoms with Gasteiger partial charge in [-0.1, -0.05) is 80.6 Å². The first-order valence-electron chi connectivity index (χ1n) is 15.5. The van der Waals surface area contributed by atoms with E-state index in [-0.39, 0.29) is 18.0 Å². The van der Waals surface area contributed by atoms with Crippen LogP contribution in [-0.2, 0) is 16.8 Å². The van der Waals surface area contributed by atoms with E-state index in [1.54, 1.807) is 6.33 Å². The van der Waals surface area contributed by atoms with Crippen LogP contribution in [0.25, 0.3) is 11.3 Å². The Kier molecular flexibility index (Phi) is 10.4. The maximum absolute atomic E-state index is 11.4. The fourth-order valence-electron chi connectivity index (χ4n) is 5.52. The van der Waals surface area contributed by atoms with Gasteiger partial charge in [0.25, 0.3) is 0 Å². The summed E-state index contributed by atoms with van der Waals surface area (Å²) >= 11 is 0. The number of carboxylic acid groups (broad SMARTS) is 1. The molecule has 8 heteroatoms. The Bertz CT molecular complexity index is 1510. The second kappa shape index (κ2) is 14.6. The normalized spacial score (nSPS) is 15.1. The summed E-state index contributed by atoms with van der Waals surface area (Å²) in [4.78, 5) is 19.8. The number of nitrogens with zero attached hydrogens (tertiary/aromatic N) is 2. The largest absolute Gasteiger partial charge is 0.481 e. The van der Waals surface area contributed by atoms with Crippen LogP contribution in [0.15, 0.2) is 91.3 Å². The number of nitrogens with one attached hydrogen (secondary N) is 3. The SMILES string of the molecule is CC(C)c1cccc(C2(NC[C@@H](O)[C@H](Cc3ccc(Nc4cc(-c5ccccc5)ncn4)cc3)NCCCC(=O)O)CC2)c1. The molecule has 0 saturated heterocycles. The topological polar surface area (TPSA) is 119 Å². The Balaban J connectivity index is 1.22. The molecule has 1 aliphatic rings. The number of aliphatic hydroxyl groups is 1. The molecule has 1 aliphatic carbocycles. The van der Waals surface area contributed by atoms with Gasteiger partial charge >= 0.3 is 5.97 Å². The molecule has 0 amide bonds. The molecule has 230 valence electrons. The van der Waals surface area contributed by atoms with Gasteiger partial charge in [0.2, 0.25) is 0 Å². The lowest BCUT2D eigenvalue weighted by molar-refractivity contribution is -0.137. The average molecular weight is 594 g/mol. The van der Waals surface area contributed by atoms with Gasteiger partial charge in [-0.15, -0.1) is 0 Å². The minimum atomic E-state index is -0.812. The van der Waals surface area contributed by atoms with E-state index in [0.717, 1.165) is 35.3 Å². The van der Waals surface area contributed by atoms with Crippen molar-refractivity contribution in [1.29, 1.82) is 0 Å². The van der Waals surface area contributed by atoms with Gasteiger partial charge in [-0.25, -0.2) is 9.97 Å². The summed E-state index contributed by atoms with van der Waals surface area (Å²) in [5.41, 5.74) is 6.37. The second-order valence-corrected chi connectivity index (χ2v) is 12.0. The first-order chi connectivity index (χ1) is 21.3. The van der Waals surface area contributed by atoms with E-state index < -0.39 is 12.1 Å². The smallest absolute Gasteiger partial charge is 0.303 e. The first kappa shape index (κ1) is 31.3. The van der Waals surface area contributed by atoms with Crippen molar-refractivity contribution in [3.05, 3.63) is 108 Å². The number of hydrogen-bond acceptors (Lipinski definition) is 7. The zero-order chi connectivity index (χ0) is 30.9. The van der Waals surface area contributed by atoms with Crippen molar-refractivity contribution in [2.75, 3.05) is 18.4 Å². The lowest BCUT2D eigenvalue weighted by Crippen LogP contribution is -2.48. The van der Waals surface area contributed by atoms with Crippen LogP contribution in [-0.4, -0.2) is 51.4 Å². The Morgan fingerprint density at radius 1 is 0.955 bits per heavy atom. The van der Waals surface area contributed by atoms with Gasteiger partial charge in [-0.2, -0.15) is 0 Å². The van der Waals surface area contributed by atoms with Crippen molar-refractivity contribution >= 4 is 17.5 Å². The summed E-state index contributed by atoms with van der Waals surface area (Å²) in [7, 11) is 0. The number of carbonyl (C=O) groups is 1. The third-order valence-electron chi connectivity index (χ3n) is 8.36. The van der Waals surface area contributed by atoms with E-state index in [4.69, 9.17) is 5.11 Å². The number of anilines is 2. The molecule has 0 bridgehead atoms. The fraction of sp³-hybridized carbons (Fsp3) is 0.361. The highest BCUT2D eigenvalue weighted by Gasteiger charge is 2.44. The summed E-state index contributed by atoms with van der Waals surface area (Å²) in [5, 5.41) is 30.9. The fourth-order valence-corrected chi connectivity index (χ4v) is 5.52. The van der Waals surface area contributed by atoms with Crippen LogP contribution in [0.1, 0.15) is 62.1 Å². The van der Waals surface area contributed by atoms with Crippen LogP contribution in [0.4, 0.5) is 11.5 Å². The van der Waals surface area contributed by atoms with E-state index in [0.29, 0.717) is 37.7 Å². The summed E-state index contributed by atoms with van der Waals surface area (Å²) in [6, 6.07) is 28.6. The highest BCUT2D eigenvalue weighted by molar-refractivity contribution is 5.66. The van der Waals surface area contributed by atoms with Crippen LogP contribution in [0, 0.1) is 0 Å². The van der Waals surface area contributed by atoms with Crippen LogP contribution in [0.5, 0.6) is 0 Å². The molecular formula is C36H43N5O3. The van der Waals surface area contributed by atoms with Gasteiger partial charge in [0, 0.05) is 41.9 Å². The van der Waals surface area contributed by atoms with Crippen molar-refractivity contribution in [2.45, 2.75) is 69.6 Å². The Morgan fingerprint density at radius 3 is 2.43 bits per heavy atom. The van der Waals surface area contributed by atoms with Crippen molar-refractivity contribution in [3.8, 4) is 11.3 Å². The van der Waals surface area contributed by atoms with Crippen LogP contribution in [0.3, 0.4) is 0 Å². The van der Waals surface area contributed by atoms with E-state index in [1.165, 1.54) is 11.1 Å². The molecule has 5 N–H and O–H groups in total. The molecule has 0 unspecified atom stereocenters. The average Bonchev–Trinajstić information content (AvgIpc) is 3.84. The lowest BCUT2D eigenvalue weighted by Gasteiger charge is -2.28. The Morgan fingerprint density at radius 2 is 1.73 bits per heavy atom. The number of rotatable bonds is 16. The van der Waals surface area contributed by atoms with Crippen LogP contribution >= 0.6 is 0 Å². The monoisotopic (exact) mass is 593 g/mol. The van der Waals surface area contributed by atoms with Gasteiger partial charge in [-0.3, -0.25) is 4.79 Å². The molecule has 8 nitrogen and oxygen atoms in total. The highest BCUT2D eigenvalue weighted by Crippen LogP contribution is 2.46. The van der Waals surface area contributed by atoms with Gasteiger partial charge in [0.15, 0.2) is 0 Å². The second-order valence-electron chi connectivity index (χ2n) is 12.0. The zero-order valence-corrected chi connectivity index (χ0v) is 25.5. The molecule has 3 aromatic carbocycles. The molecule has 1 aromatic heterocycles.